The first kappa shape index (κ1) is 24.4. The van der Waals surface area contributed by atoms with Crippen molar-refractivity contribution in [1.82, 2.24) is 0 Å². The van der Waals surface area contributed by atoms with Crippen LogP contribution < -0.4 is 0 Å². The van der Waals surface area contributed by atoms with Crippen molar-refractivity contribution in [2.45, 2.75) is 0 Å². The summed E-state index contributed by atoms with van der Waals surface area (Å²) in [4.78, 5) is 0. The number of hydrogen-bond acceptors (Lipinski definition) is 1. The molecule has 0 spiro atoms. The topological polar surface area (TPSA) is 0 Å². The van der Waals surface area contributed by atoms with Gasteiger partial charge in [-0.2, -0.15) is 0 Å². The Kier molecular flexibility index (Phi) is 5.47. The molecule has 0 unspecified atom stereocenters. The minimum Gasteiger partial charge on any atom is -0.135 e. The zero-order valence-electron chi connectivity index (χ0n) is 23.4. The van der Waals surface area contributed by atoms with Gasteiger partial charge in [-0.15, -0.1) is 11.3 Å². The maximum Gasteiger partial charge on any atom is 0.0361 e. The minimum absolute atomic E-state index is 1.25. The highest BCUT2D eigenvalue weighted by Crippen LogP contribution is 2.47. The van der Waals surface area contributed by atoms with Gasteiger partial charge >= 0.3 is 0 Å². The Labute approximate surface area is 254 Å². The maximum atomic E-state index is 2.36. The van der Waals surface area contributed by atoms with Crippen molar-refractivity contribution in [3.63, 3.8) is 0 Å². The van der Waals surface area contributed by atoms with E-state index >= 15 is 0 Å². The molecule has 0 N–H and O–H groups in total. The molecule has 1 heteroatoms. The molecular weight excluding hydrogens is 537 g/mol. The van der Waals surface area contributed by atoms with E-state index in [0.29, 0.717) is 0 Å². The average Bonchev–Trinajstić information content (AvgIpc) is 3.46. The van der Waals surface area contributed by atoms with Crippen LogP contribution in [0.25, 0.3) is 85.9 Å². The molecule has 43 heavy (non-hydrogen) atoms. The van der Waals surface area contributed by atoms with Gasteiger partial charge < -0.3 is 0 Å². The standard InChI is InChI=1S/C42H26S/c1-2-13-27(14-3-1)40-32-17-6-8-19-34(32)41(35-20-9-7-18-33(35)40)36-26-25-30(28-15-4-5-16-29(28)36)31-22-12-24-39-42(31)37-21-10-11-23-38(37)43-39/h1-26H. The molecule has 0 saturated heterocycles. The summed E-state index contributed by atoms with van der Waals surface area (Å²) in [6, 6.07) is 57.9. The summed E-state index contributed by atoms with van der Waals surface area (Å²) in [5, 5.41) is 10.4. The summed E-state index contributed by atoms with van der Waals surface area (Å²) in [6.45, 7) is 0. The number of thiophene rings is 1. The molecule has 200 valence electrons. The van der Waals surface area contributed by atoms with Crippen LogP contribution in [0.5, 0.6) is 0 Å². The Balaban J connectivity index is 1.38. The molecular formula is C42H26S. The highest BCUT2D eigenvalue weighted by Gasteiger charge is 2.19. The molecule has 0 nitrogen and oxygen atoms in total. The molecule has 0 aliphatic carbocycles. The zero-order chi connectivity index (χ0) is 28.3. The van der Waals surface area contributed by atoms with Gasteiger partial charge in [-0.25, -0.2) is 0 Å². The van der Waals surface area contributed by atoms with Crippen LogP contribution in [0.15, 0.2) is 158 Å². The van der Waals surface area contributed by atoms with Crippen LogP contribution in [0.2, 0.25) is 0 Å². The number of benzene rings is 8. The van der Waals surface area contributed by atoms with Crippen molar-refractivity contribution in [2.24, 2.45) is 0 Å². The fourth-order valence-corrected chi connectivity index (χ4v) is 8.22. The van der Waals surface area contributed by atoms with E-state index in [-0.39, 0.29) is 0 Å². The molecule has 0 aliphatic heterocycles. The van der Waals surface area contributed by atoms with E-state index in [9.17, 15) is 0 Å². The number of hydrogen-bond donors (Lipinski definition) is 0. The Morgan fingerprint density at radius 2 is 0.767 bits per heavy atom. The predicted molar refractivity (Wildman–Crippen MR) is 188 cm³/mol. The van der Waals surface area contributed by atoms with E-state index in [0.717, 1.165) is 0 Å². The predicted octanol–water partition coefficient (Wildman–Crippen LogP) is 12.5. The lowest BCUT2D eigenvalue weighted by Crippen LogP contribution is -1.92. The van der Waals surface area contributed by atoms with E-state index in [1.165, 1.54) is 85.9 Å². The Hall–Kier alpha value is -5.24. The molecule has 0 radical (unpaired) electrons. The van der Waals surface area contributed by atoms with Crippen molar-refractivity contribution in [3.05, 3.63) is 158 Å². The maximum absolute atomic E-state index is 2.36. The van der Waals surface area contributed by atoms with Gasteiger partial charge in [0.2, 0.25) is 0 Å². The number of fused-ring (bicyclic) bond motifs is 6. The summed E-state index contributed by atoms with van der Waals surface area (Å²) >= 11 is 1.88. The van der Waals surface area contributed by atoms with Crippen LogP contribution in [0.4, 0.5) is 0 Å². The third-order valence-corrected chi connectivity index (χ3v) is 10.0. The SMILES string of the molecule is c1ccc(-c2c3ccccc3c(-c3ccc(-c4cccc5sc6ccccc6c45)c4ccccc34)c3ccccc23)cc1. The molecule has 0 fully saturated rings. The van der Waals surface area contributed by atoms with E-state index in [4.69, 9.17) is 0 Å². The van der Waals surface area contributed by atoms with Gasteiger partial charge in [0.1, 0.15) is 0 Å². The average molecular weight is 563 g/mol. The first-order valence-corrected chi connectivity index (χ1v) is 15.6. The lowest BCUT2D eigenvalue weighted by Gasteiger charge is -2.19. The quantitative estimate of drug-likeness (QED) is 0.188. The van der Waals surface area contributed by atoms with Crippen LogP contribution in [0, 0.1) is 0 Å². The van der Waals surface area contributed by atoms with Crippen molar-refractivity contribution in [3.8, 4) is 33.4 Å². The van der Waals surface area contributed by atoms with Gasteiger partial charge in [-0.3, -0.25) is 0 Å². The van der Waals surface area contributed by atoms with Crippen molar-refractivity contribution in [2.75, 3.05) is 0 Å². The van der Waals surface area contributed by atoms with Crippen LogP contribution >= 0.6 is 11.3 Å². The molecule has 0 bridgehead atoms. The van der Waals surface area contributed by atoms with Crippen LogP contribution in [-0.2, 0) is 0 Å². The van der Waals surface area contributed by atoms with E-state index in [1.807, 2.05) is 11.3 Å². The molecule has 0 aliphatic rings. The van der Waals surface area contributed by atoms with Crippen molar-refractivity contribution >= 4 is 63.8 Å². The molecule has 8 aromatic carbocycles. The fraction of sp³-hybridized carbons (Fsp3) is 0. The third-order valence-electron chi connectivity index (χ3n) is 8.88. The second kappa shape index (κ2) is 9.66. The Bertz CT molecular complexity index is 2440. The van der Waals surface area contributed by atoms with Gasteiger partial charge in [-0.1, -0.05) is 146 Å². The van der Waals surface area contributed by atoms with Crippen molar-refractivity contribution in [1.29, 1.82) is 0 Å². The molecule has 0 atom stereocenters. The highest BCUT2D eigenvalue weighted by molar-refractivity contribution is 7.25. The summed E-state index contributed by atoms with van der Waals surface area (Å²) in [5.74, 6) is 0. The second-order valence-corrected chi connectivity index (χ2v) is 12.3. The first-order chi connectivity index (χ1) is 21.4. The van der Waals surface area contributed by atoms with Gasteiger partial charge in [0.15, 0.2) is 0 Å². The van der Waals surface area contributed by atoms with Crippen LogP contribution in [0.3, 0.4) is 0 Å². The Morgan fingerprint density at radius 3 is 1.44 bits per heavy atom. The normalized spacial score (nSPS) is 11.7. The number of rotatable bonds is 3. The van der Waals surface area contributed by atoms with Crippen molar-refractivity contribution < 1.29 is 0 Å². The van der Waals surface area contributed by atoms with Crippen LogP contribution in [-0.4, -0.2) is 0 Å². The first-order valence-electron chi connectivity index (χ1n) is 14.8. The van der Waals surface area contributed by atoms with Crippen LogP contribution in [0.1, 0.15) is 0 Å². The Morgan fingerprint density at radius 1 is 0.279 bits per heavy atom. The fourth-order valence-electron chi connectivity index (χ4n) is 7.09. The molecule has 1 heterocycles. The lowest BCUT2D eigenvalue weighted by molar-refractivity contribution is 1.66. The van der Waals surface area contributed by atoms with E-state index < -0.39 is 0 Å². The second-order valence-electron chi connectivity index (χ2n) is 11.2. The van der Waals surface area contributed by atoms with Gasteiger partial charge in [0.05, 0.1) is 0 Å². The minimum atomic E-state index is 1.25. The molecule has 0 saturated carbocycles. The third kappa shape index (κ3) is 3.69. The summed E-state index contributed by atoms with van der Waals surface area (Å²) in [5.41, 5.74) is 7.70. The summed E-state index contributed by atoms with van der Waals surface area (Å²) < 4.78 is 2.67. The van der Waals surface area contributed by atoms with Gasteiger partial charge in [0.25, 0.3) is 0 Å². The van der Waals surface area contributed by atoms with Gasteiger partial charge in [0, 0.05) is 20.2 Å². The van der Waals surface area contributed by atoms with Gasteiger partial charge in [-0.05, 0) is 77.8 Å². The molecule has 1 aromatic heterocycles. The highest BCUT2D eigenvalue weighted by atomic mass is 32.1. The summed E-state index contributed by atoms with van der Waals surface area (Å²) in [6.07, 6.45) is 0. The van der Waals surface area contributed by atoms with E-state index in [2.05, 4.69) is 158 Å². The zero-order valence-corrected chi connectivity index (χ0v) is 24.2. The lowest BCUT2D eigenvalue weighted by atomic mass is 9.83. The largest absolute Gasteiger partial charge is 0.135 e. The molecule has 9 rings (SSSR count). The monoisotopic (exact) mass is 562 g/mol. The molecule has 9 aromatic rings. The van der Waals surface area contributed by atoms with E-state index in [1.54, 1.807) is 0 Å². The smallest absolute Gasteiger partial charge is 0.0361 e. The molecule has 0 amide bonds. The summed E-state index contributed by atoms with van der Waals surface area (Å²) in [7, 11) is 0.